The molecule has 0 radical (unpaired) electrons. The molecule has 0 aliphatic carbocycles. The molecule has 0 spiro atoms. The third-order valence-corrected chi connectivity index (χ3v) is 4.17. The van der Waals surface area contributed by atoms with Gasteiger partial charge in [0.2, 0.25) is 0 Å². The van der Waals surface area contributed by atoms with Crippen molar-refractivity contribution in [2.45, 2.75) is 25.0 Å². The fraction of sp³-hybridized carbons (Fsp3) is 0.353. The van der Waals surface area contributed by atoms with Crippen LogP contribution < -0.4 is 0 Å². The molecule has 1 saturated heterocycles. The molecule has 1 aromatic carbocycles. The third kappa shape index (κ3) is 2.99. The average molecular weight is 297 g/mol. The highest BCUT2D eigenvalue weighted by molar-refractivity contribution is 5.94. The molecule has 0 N–H and O–H groups in total. The number of hydrogen-bond donors (Lipinski definition) is 0. The Balaban J connectivity index is 1.81. The van der Waals surface area contributed by atoms with Gasteiger partial charge in [-0.3, -0.25) is 4.79 Å². The molecule has 5 nitrogen and oxygen atoms in total. The van der Waals surface area contributed by atoms with Gasteiger partial charge in [0.15, 0.2) is 0 Å². The van der Waals surface area contributed by atoms with Crippen LogP contribution in [-0.2, 0) is 11.2 Å². The third-order valence-electron chi connectivity index (χ3n) is 4.17. The summed E-state index contributed by atoms with van der Waals surface area (Å²) in [5, 5.41) is 7.52. The molecular formula is C17H19N3O2. The van der Waals surface area contributed by atoms with Crippen LogP contribution in [0.4, 0.5) is 0 Å². The molecule has 0 saturated carbocycles. The normalized spacial score (nSPS) is 21.0. The minimum atomic E-state index is -0.00428. The van der Waals surface area contributed by atoms with E-state index in [-0.39, 0.29) is 18.1 Å². The van der Waals surface area contributed by atoms with Crippen molar-refractivity contribution in [3.8, 4) is 0 Å². The van der Waals surface area contributed by atoms with Crippen molar-refractivity contribution in [1.82, 2.24) is 15.1 Å². The molecule has 2 atom stereocenters. The first-order chi connectivity index (χ1) is 10.8. The Hall–Kier alpha value is -2.27. The van der Waals surface area contributed by atoms with Crippen LogP contribution >= 0.6 is 0 Å². The van der Waals surface area contributed by atoms with Crippen LogP contribution in [0.25, 0.3) is 0 Å². The van der Waals surface area contributed by atoms with Crippen molar-refractivity contribution >= 4 is 5.91 Å². The second-order valence-corrected chi connectivity index (χ2v) is 5.45. The number of ether oxygens (including phenoxy) is 1. The number of carbonyl (C=O) groups is 1. The van der Waals surface area contributed by atoms with Crippen LogP contribution in [-0.4, -0.2) is 46.8 Å². The van der Waals surface area contributed by atoms with Crippen molar-refractivity contribution in [2.24, 2.45) is 0 Å². The monoisotopic (exact) mass is 297 g/mol. The summed E-state index contributed by atoms with van der Waals surface area (Å²) < 4.78 is 5.59. The fourth-order valence-electron chi connectivity index (χ4n) is 3.03. The van der Waals surface area contributed by atoms with Gasteiger partial charge in [0.1, 0.15) is 0 Å². The summed E-state index contributed by atoms with van der Waals surface area (Å²) in [5.41, 5.74) is 1.78. The zero-order chi connectivity index (χ0) is 15.4. The van der Waals surface area contributed by atoms with E-state index in [2.05, 4.69) is 22.3 Å². The Morgan fingerprint density at radius 1 is 1.27 bits per heavy atom. The lowest BCUT2D eigenvalue weighted by Crippen LogP contribution is -2.41. The molecular weight excluding hydrogens is 278 g/mol. The van der Waals surface area contributed by atoms with Gasteiger partial charge in [0, 0.05) is 13.7 Å². The summed E-state index contributed by atoms with van der Waals surface area (Å²) in [6.07, 6.45) is 4.78. The smallest absolute Gasteiger partial charge is 0.255 e. The summed E-state index contributed by atoms with van der Waals surface area (Å²) in [6, 6.07) is 12.0. The second-order valence-electron chi connectivity index (χ2n) is 5.45. The van der Waals surface area contributed by atoms with Crippen LogP contribution in [0.15, 0.2) is 48.8 Å². The summed E-state index contributed by atoms with van der Waals surface area (Å²) in [6.45, 7) is 0.706. The van der Waals surface area contributed by atoms with Gasteiger partial charge < -0.3 is 9.64 Å². The Kier molecular flexibility index (Phi) is 4.44. The van der Waals surface area contributed by atoms with Crippen LogP contribution in [0, 0.1) is 0 Å². The van der Waals surface area contributed by atoms with Gasteiger partial charge >= 0.3 is 0 Å². The Morgan fingerprint density at radius 2 is 2.09 bits per heavy atom. The van der Waals surface area contributed by atoms with Crippen LogP contribution in [0.1, 0.15) is 22.3 Å². The zero-order valence-electron chi connectivity index (χ0n) is 12.6. The van der Waals surface area contributed by atoms with Gasteiger partial charge in [0.05, 0.1) is 30.1 Å². The van der Waals surface area contributed by atoms with E-state index < -0.39 is 0 Å². The standard InChI is InChI=1S/C17H19N3O2/c1-22-16-8-10-20(17(21)14-7-9-18-19-12-14)15(16)11-13-5-3-2-4-6-13/h2-7,9,12,15-16H,8,10-11H2,1H3/t15-,16-/m1/s1. The predicted octanol–water partition coefficient (Wildman–Crippen LogP) is 1.95. The van der Waals surface area contributed by atoms with E-state index in [1.807, 2.05) is 23.1 Å². The summed E-state index contributed by atoms with van der Waals surface area (Å²) in [4.78, 5) is 14.6. The fourth-order valence-corrected chi connectivity index (χ4v) is 3.03. The predicted molar refractivity (Wildman–Crippen MR) is 82.4 cm³/mol. The number of benzene rings is 1. The lowest BCUT2D eigenvalue weighted by atomic mass is 10.0. The highest BCUT2D eigenvalue weighted by Crippen LogP contribution is 2.25. The molecule has 22 heavy (non-hydrogen) atoms. The molecule has 1 amide bonds. The maximum atomic E-state index is 12.7. The number of hydrogen-bond acceptors (Lipinski definition) is 4. The van der Waals surface area contributed by atoms with Crippen molar-refractivity contribution in [1.29, 1.82) is 0 Å². The minimum absolute atomic E-state index is 0.00428. The first-order valence-electron chi connectivity index (χ1n) is 7.44. The van der Waals surface area contributed by atoms with Crippen molar-refractivity contribution in [3.05, 3.63) is 59.9 Å². The van der Waals surface area contributed by atoms with E-state index >= 15 is 0 Å². The Bertz CT molecular complexity index is 618. The molecule has 3 rings (SSSR count). The molecule has 1 aliphatic heterocycles. The number of likely N-dealkylation sites (tertiary alicyclic amines) is 1. The molecule has 0 unspecified atom stereocenters. The molecule has 1 aromatic heterocycles. The average Bonchev–Trinajstić information content (AvgIpc) is 2.98. The van der Waals surface area contributed by atoms with E-state index in [0.29, 0.717) is 12.1 Å². The largest absolute Gasteiger partial charge is 0.379 e. The molecule has 2 aromatic rings. The van der Waals surface area contributed by atoms with E-state index in [1.54, 1.807) is 19.4 Å². The highest BCUT2D eigenvalue weighted by Gasteiger charge is 2.37. The van der Waals surface area contributed by atoms with Crippen molar-refractivity contribution < 1.29 is 9.53 Å². The van der Waals surface area contributed by atoms with Gasteiger partial charge in [-0.2, -0.15) is 10.2 Å². The highest BCUT2D eigenvalue weighted by atomic mass is 16.5. The number of rotatable bonds is 4. The number of amides is 1. The maximum absolute atomic E-state index is 12.7. The quantitative estimate of drug-likeness (QED) is 0.865. The first-order valence-corrected chi connectivity index (χ1v) is 7.44. The van der Waals surface area contributed by atoms with E-state index in [9.17, 15) is 4.79 Å². The van der Waals surface area contributed by atoms with Crippen molar-refractivity contribution in [3.63, 3.8) is 0 Å². The number of nitrogens with zero attached hydrogens (tertiary/aromatic N) is 3. The molecule has 114 valence electrons. The number of carbonyl (C=O) groups excluding carboxylic acids is 1. The van der Waals surface area contributed by atoms with Crippen LogP contribution in [0.2, 0.25) is 0 Å². The molecule has 1 aliphatic rings. The van der Waals surface area contributed by atoms with E-state index in [1.165, 1.54) is 11.8 Å². The van der Waals surface area contributed by atoms with Gasteiger partial charge in [-0.1, -0.05) is 30.3 Å². The van der Waals surface area contributed by atoms with Gasteiger partial charge in [0.25, 0.3) is 5.91 Å². The minimum Gasteiger partial charge on any atom is -0.379 e. The van der Waals surface area contributed by atoms with Gasteiger partial charge in [-0.25, -0.2) is 0 Å². The first kappa shape index (κ1) is 14.7. The summed E-state index contributed by atoms with van der Waals surface area (Å²) in [7, 11) is 1.71. The number of aromatic nitrogens is 2. The van der Waals surface area contributed by atoms with Crippen LogP contribution in [0.5, 0.6) is 0 Å². The molecule has 1 fully saturated rings. The summed E-state index contributed by atoms with van der Waals surface area (Å²) in [5.74, 6) is -0.00428. The lowest BCUT2D eigenvalue weighted by molar-refractivity contribution is 0.0508. The molecule has 0 bridgehead atoms. The Labute approximate surface area is 129 Å². The maximum Gasteiger partial charge on any atom is 0.255 e. The zero-order valence-corrected chi connectivity index (χ0v) is 12.6. The summed E-state index contributed by atoms with van der Waals surface area (Å²) >= 11 is 0. The van der Waals surface area contributed by atoms with Gasteiger partial charge in [-0.15, -0.1) is 0 Å². The SMILES string of the molecule is CO[C@@H]1CCN(C(=O)c2ccnnc2)[C@@H]1Cc1ccccc1. The van der Waals surface area contributed by atoms with E-state index in [0.717, 1.165) is 12.8 Å². The topological polar surface area (TPSA) is 55.3 Å². The van der Waals surface area contributed by atoms with Gasteiger partial charge in [-0.05, 0) is 24.5 Å². The molecule has 2 heterocycles. The van der Waals surface area contributed by atoms with Crippen molar-refractivity contribution in [2.75, 3.05) is 13.7 Å². The van der Waals surface area contributed by atoms with E-state index in [4.69, 9.17) is 4.74 Å². The van der Waals surface area contributed by atoms with Crippen LogP contribution in [0.3, 0.4) is 0 Å². The number of methoxy groups -OCH3 is 1. The second kappa shape index (κ2) is 6.66. The Morgan fingerprint density at radius 3 is 2.77 bits per heavy atom. The molecule has 5 heteroatoms. The lowest BCUT2D eigenvalue weighted by Gasteiger charge is -2.27.